The molecule has 1 heterocycles. The Morgan fingerprint density at radius 2 is 2.11 bits per heavy atom. The average Bonchev–Trinajstić information content (AvgIpc) is 2.71. The summed E-state index contributed by atoms with van der Waals surface area (Å²) in [5.74, 6) is -0.126. The number of benzene rings is 1. The Balaban J connectivity index is 2.15. The van der Waals surface area contributed by atoms with E-state index in [0.717, 1.165) is 23.1 Å². The van der Waals surface area contributed by atoms with Crippen molar-refractivity contribution in [3.63, 3.8) is 0 Å². The summed E-state index contributed by atoms with van der Waals surface area (Å²) >= 11 is 13.5. The molecule has 3 nitrogen and oxygen atoms in total. The van der Waals surface area contributed by atoms with Crippen LogP contribution in [0.3, 0.4) is 0 Å². The lowest BCUT2D eigenvalue weighted by Gasteiger charge is -2.03. The van der Waals surface area contributed by atoms with Crippen molar-refractivity contribution >= 4 is 50.5 Å². The molecular formula is C13H14Cl2N2OS. The third kappa shape index (κ3) is 3.39. The number of nitrogens with one attached hydrogen (secondary N) is 2. The van der Waals surface area contributed by atoms with Gasteiger partial charge in [-0.2, -0.15) is 0 Å². The zero-order valence-electron chi connectivity index (χ0n) is 10.4. The highest BCUT2D eigenvalue weighted by atomic mass is 35.5. The minimum Gasteiger partial charge on any atom is -0.351 e. The Bertz CT molecular complexity index is 598. The lowest BCUT2D eigenvalue weighted by molar-refractivity contribution is 0.0957. The fourth-order valence-corrected chi connectivity index (χ4v) is 3.44. The van der Waals surface area contributed by atoms with Crippen molar-refractivity contribution in [2.24, 2.45) is 0 Å². The zero-order chi connectivity index (χ0) is 13.8. The minimum atomic E-state index is -0.126. The van der Waals surface area contributed by atoms with Crippen molar-refractivity contribution in [3.8, 4) is 0 Å². The normalized spacial score (nSPS) is 10.9. The second-order valence-electron chi connectivity index (χ2n) is 4.10. The van der Waals surface area contributed by atoms with E-state index < -0.39 is 0 Å². The molecule has 1 aromatic heterocycles. The number of rotatable bonds is 5. The van der Waals surface area contributed by atoms with Crippen molar-refractivity contribution in [1.82, 2.24) is 10.6 Å². The van der Waals surface area contributed by atoms with Gasteiger partial charge in [-0.05, 0) is 32.1 Å². The molecule has 2 aromatic rings. The highest BCUT2D eigenvalue weighted by molar-refractivity contribution is 7.21. The minimum absolute atomic E-state index is 0.126. The highest BCUT2D eigenvalue weighted by Gasteiger charge is 2.16. The standard InChI is InChI=1S/C13H14Cl2N2OS/c1-16-5-2-6-17-13(18)12-11(15)9-4-3-8(14)7-10(9)19-12/h3-4,7,16H,2,5-6H2,1H3,(H,17,18). The van der Waals surface area contributed by atoms with Gasteiger partial charge in [0.25, 0.3) is 5.91 Å². The Morgan fingerprint density at radius 1 is 1.32 bits per heavy atom. The van der Waals surface area contributed by atoms with Crippen LogP contribution < -0.4 is 10.6 Å². The molecule has 0 unspecified atom stereocenters. The number of hydrogen-bond acceptors (Lipinski definition) is 3. The smallest absolute Gasteiger partial charge is 0.262 e. The molecule has 2 N–H and O–H groups in total. The SMILES string of the molecule is CNCCCNC(=O)c1sc2cc(Cl)ccc2c1Cl. The molecule has 0 saturated carbocycles. The van der Waals surface area contributed by atoms with Crippen LogP contribution in [0, 0.1) is 0 Å². The molecule has 2 rings (SSSR count). The summed E-state index contributed by atoms with van der Waals surface area (Å²) in [5.41, 5.74) is 0. The summed E-state index contributed by atoms with van der Waals surface area (Å²) in [7, 11) is 1.88. The van der Waals surface area contributed by atoms with Crippen LogP contribution in [0.2, 0.25) is 10.0 Å². The number of carbonyl (C=O) groups is 1. The fourth-order valence-electron chi connectivity index (χ4n) is 1.73. The van der Waals surface area contributed by atoms with E-state index in [1.54, 1.807) is 6.07 Å². The van der Waals surface area contributed by atoms with E-state index in [-0.39, 0.29) is 5.91 Å². The quantitative estimate of drug-likeness (QED) is 0.828. The summed E-state index contributed by atoms with van der Waals surface area (Å²) in [6.07, 6.45) is 0.885. The predicted molar refractivity (Wildman–Crippen MR) is 82.7 cm³/mol. The first-order chi connectivity index (χ1) is 9.13. The van der Waals surface area contributed by atoms with Gasteiger partial charge in [-0.3, -0.25) is 4.79 Å². The molecule has 0 aliphatic rings. The van der Waals surface area contributed by atoms with Crippen LogP contribution in [0.5, 0.6) is 0 Å². The molecule has 102 valence electrons. The largest absolute Gasteiger partial charge is 0.351 e. The van der Waals surface area contributed by atoms with Crippen LogP contribution in [0.1, 0.15) is 16.1 Å². The second kappa shape index (κ2) is 6.57. The third-order valence-corrected chi connectivity index (χ3v) is 4.58. The summed E-state index contributed by atoms with van der Waals surface area (Å²) < 4.78 is 0.929. The number of thiophene rings is 1. The van der Waals surface area contributed by atoms with E-state index in [9.17, 15) is 4.79 Å². The van der Waals surface area contributed by atoms with E-state index >= 15 is 0 Å². The van der Waals surface area contributed by atoms with E-state index in [0.29, 0.717) is 21.5 Å². The van der Waals surface area contributed by atoms with E-state index in [2.05, 4.69) is 10.6 Å². The Labute approximate surface area is 125 Å². The van der Waals surface area contributed by atoms with Crippen molar-refractivity contribution in [3.05, 3.63) is 33.1 Å². The summed E-state index contributed by atoms with van der Waals surface area (Å²) in [6.45, 7) is 1.50. The lowest BCUT2D eigenvalue weighted by atomic mass is 10.2. The van der Waals surface area contributed by atoms with Crippen LogP contribution in [0.25, 0.3) is 10.1 Å². The Hall–Kier alpha value is -0.810. The zero-order valence-corrected chi connectivity index (χ0v) is 12.8. The molecular weight excluding hydrogens is 303 g/mol. The first-order valence-electron chi connectivity index (χ1n) is 5.94. The molecule has 0 aliphatic heterocycles. The van der Waals surface area contributed by atoms with E-state index in [1.165, 1.54) is 11.3 Å². The summed E-state index contributed by atoms with van der Waals surface area (Å²) in [6, 6.07) is 5.44. The summed E-state index contributed by atoms with van der Waals surface area (Å²) in [5, 5.41) is 7.91. The van der Waals surface area contributed by atoms with Gasteiger partial charge >= 0.3 is 0 Å². The van der Waals surface area contributed by atoms with Crippen molar-refractivity contribution in [2.75, 3.05) is 20.1 Å². The van der Waals surface area contributed by atoms with Gasteiger partial charge in [0.2, 0.25) is 0 Å². The molecule has 0 saturated heterocycles. The van der Waals surface area contributed by atoms with E-state index in [4.69, 9.17) is 23.2 Å². The highest BCUT2D eigenvalue weighted by Crippen LogP contribution is 2.36. The molecule has 1 amide bonds. The molecule has 1 aromatic carbocycles. The van der Waals surface area contributed by atoms with Gasteiger partial charge in [0.1, 0.15) is 4.88 Å². The molecule has 19 heavy (non-hydrogen) atoms. The van der Waals surface area contributed by atoms with Gasteiger partial charge in [-0.15, -0.1) is 11.3 Å². The Morgan fingerprint density at radius 3 is 2.84 bits per heavy atom. The van der Waals surface area contributed by atoms with Gasteiger partial charge in [0.05, 0.1) is 5.02 Å². The summed E-state index contributed by atoms with van der Waals surface area (Å²) in [4.78, 5) is 12.6. The van der Waals surface area contributed by atoms with Crippen molar-refractivity contribution < 1.29 is 4.79 Å². The van der Waals surface area contributed by atoms with Crippen LogP contribution in [0.15, 0.2) is 18.2 Å². The number of amides is 1. The molecule has 6 heteroatoms. The number of carbonyl (C=O) groups excluding carboxylic acids is 1. The van der Waals surface area contributed by atoms with E-state index in [1.807, 2.05) is 19.2 Å². The van der Waals surface area contributed by atoms with Gasteiger partial charge in [0, 0.05) is 21.7 Å². The molecule has 0 bridgehead atoms. The number of hydrogen-bond donors (Lipinski definition) is 2. The van der Waals surface area contributed by atoms with Gasteiger partial charge in [0.15, 0.2) is 0 Å². The lowest BCUT2D eigenvalue weighted by Crippen LogP contribution is -2.26. The predicted octanol–water partition coefficient (Wildman–Crippen LogP) is 3.55. The fraction of sp³-hybridized carbons (Fsp3) is 0.308. The van der Waals surface area contributed by atoms with Crippen LogP contribution in [0.4, 0.5) is 0 Å². The first-order valence-corrected chi connectivity index (χ1v) is 7.51. The van der Waals surface area contributed by atoms with Gasteiger partial charge < -0.3 is 10.6 Å². The molecule has 0 atom stereocenters. The molecule has 0 spiro atoms. The monoisotopic (exact) mass is 316 g/mol. The molecule has 0 aliphatic carbocycles. The van der Waals surface area contributed by atoms with Crippen LogP contribution in [-0.2, 0) is 0 Å². The van der Waals surface area contributed by atoms with Crippen LogP contribution in [-0.4, -0.2) is 26.0 Å². The maximum atomic E-state index is 12.0. The van der Waals surface area contributed by atoms with Gasteiger partial charge in [-0.1, -0.05) is 29.3 Å². The average molecular weight is 317 g/mol. The molecule has 0 fully saturated rings. The van der Waals surface area contributed by atoms with Gasteiger partial charge in [-0.25, -0.2) is 0 Å². The number of halogens is 2. The number of fused-ring (bicyclic) bond motifs is 1. The second-order valence-corrected chi connectivity index (χ2v) is 5.97. The Kier molecular flexibility index (Phi) is 5.05. The third-order valence-electron chi connectivity index (χ3n) is 2.69. The maximum absolute atomic E-state index is 12.0. The van der Waals surface area contributed by atoms with Crippen molar-refractivity contribution in [1.29, 1.82) is 0 Å². The molecule has 0 radical (unpaired) electrons. The van der Waals surface area contributed by atoms with Crippen LogP contribution >= 0.6 is 34.5 Å². The maximum Gasteiger partial charge on any atom is 0.262 e. The topological polar surface area (TPSA) is 41.1 Å². The first kappa shape index (κ1) is 14.6. The van der Waals surface area contributed by atoms with Crippen molar-refractivity contribution in [2.45, 2.75) is 6.42 Å².